The highest BCUT2D eigenvalue weighted by atomic mass is 28.4. The van der Waals surface area contributed by atoms with Crippen LogP contribution in [0.2, 0.25) is 11.6 Å². The lowest BCUT2D eigenvalue weighted by molar-refractivity contribution is 0.166. The Morgan fingerprint density at radius 1 is 1.05 bits per heavy atom. The van der Waals surface area contributed by atoms with Gasteiger partial charge in [-0.25, -0.2) is 0 Å². The standard InChI is InChI=1S/C16H34O2Si/c1-5-8-11-15(4)14-19(17-6-2,18-7-3)16-12-9-10-13-16/h15-16H,5-14H2,1-4H3. The Hall–Kier alpha value is 0.137. The van der Waals surface area contributed by atoms with Gasteiger partial charge in [-0.1, -0.05) is 46.0 Å². The van der Waals surface area contributed by atoms with E-state index in [4.69, 9.17) is 8.85 Å². The fraction of sp³-hybridized carbons (Fsp3) is 1.00. The third-order valence-electron chi connectivity index (χ3n) is 4.44. The van der Waals surface area contributed by atoms with Crippen molar-refractivity contribution in [3.63, 3.8) is 0 Å². The summed E-state index contributed by atoms with van der Waals surface area (Å²) in [4.78, 5) is 0. The maximum absolute atomic E-state index is 6.32. The molecule has 1 unspecified atom stereocenters. The average molecular weight is 287 g/mol. The molecule has 2 nitrogen and oxygen atoms in total. The molecule has 114 valence electrons. The van der Waals surface area contributed by atoms with Crippen LogP contribution in [0.3, 0.4) is 0 Å². The summed E-state index contributed by atoms with van der Waals surface area (Å²) in [6.45, 7) is 10.6. The molecule has 0 radical (unpaired) electrons. The fourth-order valence-electron chi connectivity index (χ4n) is 3.56. The van der Waals surface area contributed by atoms with E-state index < -0.39 is 8.56 Å². The molecular weight excluding hydrogens is 252 g/mol. The summed E-state index contributed by atoms with van der Waals surface area (Å²) in [5, 5.41) is 0. The molecule has 0 bridgehead atoms. The second-order valence-electron chi connectivity index (χ2n) is 6.11. The minimum atomic E-state index is -1.98. The van der Waals surface area contributed by atoms with Gasteiger partial charge in [0.15, 0.2) is 0 Å². The molecule has 3 heteroatoms. The third-order valence-corrected chi connectivity index (χ3v) is 9.08. The van der Waals surface area contributed by atoms with Gasteiger partial charge < -0.3 is 8.85 Å². The van der Waals surface area contributed by atoms with Gasteiger partial charge in [-0.15, -0.1) is 0 Å². The molecule has 1 saturated carbocycles. The van der Waals surface area contributed by atoms with Crippen LogP contribution in [0.5, 0.6) is 0 Å². The molecule has 0 aromatic carbocycles. The molecule has 0 heterocycles. The molecule has 0 saturated heterocycles. The lowest BCUT2D eigenvalue weighted by Gasteiger charge is -2.37. The zero-order valence-corrected chi connectivity index (χ0v) is 14.5. The Balaban J connectivity index is 2.69. The predicted octanol–water partition coefficient (Wildman–Crippen LogP) is 5.27. The van der Waals surface area contributed by atoms with E-state index in [9.17, 15) is 0 Å². The van der Waals surface area contributed by atoms with Crippen molar-refractivity contribution >= 4 is 8.56 Å². The van der Waals surface area contributed by atoms with Crippen molar-refractivity contribution < 1.29 is 8.85 Å². The predicted molar refractivity (Wildman–Crippen MR) is 84.7 cm³/mol. The van der Waals surface area contributed by atoms with E-state index in [0.29, 0.717) is 0 Å². The van der Waals surface area contributed by atoms with Crippen LogP contribution in [0.4, 0.5) is 0 Å². The first kappa shape index (κ1) is 17.2. The highest BCUT2D eigenvalue weighted by Gasteiger charge is 2.47. The highest BCUT2D eigenvalue weighted by Crippen LogP contribution is 2.43. The molecule has 1 atom stereocenters. The van der Waals surface area contributed by atoms with Gasteiger partial charge in [-0.05, 0) is 38.7 Å². The number of hydrogen-bond donors (Lipinski definition) is 0. The first-order valence-electron chi connectivity index (χ1n) is 8.46. The van der Waals surface area contributed by atoms with Gasteiger partial charge in [0.05, 0.1) is 0 Å². The Morgan fingerprint density at radius 3 is 2.11 bits per heavy atom. The van der Waals surface area contributed by atoms with Crippen LogP contribution < -0.4 is 0 Å². The summed E-state index contributed by atoms with van der Waals surface area (Å²) in [7, 11) is -1.98. The number of hydrogen-bond acceptors (Lipinski definition) is 2. The van der Waals surface area contributed by atoms with Crippen LogP contribution in [-0.2, 0) is 8.85 Å². The molecule has 19 heavy (non-hydrogen) atoms. The van der Waals surface area contributed by atoms with E-state index in [-0.39, 0.29) is 0 Å². The smallest absolute Gasteiger partial charge is 0.341 e. The van der Waals surface area contributed by atoms with Crippen molar-refractivity contribution in [2.75, 3.05) is 13.2 Å². The zero-order chi connectivity index (χ0) is 14.1. The van der Waals surface area contributed by atoms with Crippen LogP contribution in [0.1, 0.15) is 72.6 Å². The molecular formula is C16H34O2Si. The van der Waals surface area contributed by atoms with Crippen LogP contribution >= 0.6 is 0 Å². The zero-order valence-electron chi connectivity index (χ0n) is 13.5. The Bertz CT molecular complexity index is 221. The largest absolute Gasteiger partial charge is 0.394 e. The van der Waals surface area contributed by atoms with Gasteiger partial charge >= 0.3 is 8.56 Å². The second-order valence-corrected chi connectivity index (χ2v) is 9.54. The summed E-state index contributed by atoms with van der Waals surface area (Å²) in [6, 6.07) is 1.21. The van der Waals surface area contributed by atoms with E-state index in [0.717, 1.165) is 24.7 Å². The van der Waals surface area contributed by atoms with Crippen molar-refractivity contribution in [2.45, 2.75) is 84.2 Å². The molecule has 0 N–H and O–H groups in total. The van der Waals surface area contributed by atoms with E-state index >= 15 is 0 Å². The maximum Gasteiger partial charge on any atom is 0.341 e. The molecule has 0 amide bonds. The van der Waals surface area contributed by atoms with Gasteiger partial charge in [-0.3, -0.25) is 0 Å². The van der Waals surface area contributed by atoms with Gasteiger partial charge in [0.25, 0.3) is 0 Å². The Kier molecular flexibility index (Phi) is 8.27. The normalized spacial score (nSPS) is 18.9. The van der Waals surface area contributed by atoms with Crippen molar-refractivity contribution in [1.29, 1.82) is 0 Å². The molecule has 0 aliphatic heterocycles. The van der Waals surface area contributed by atoms with Crippen LogP contribution in [-0.4, -0.2) is 21.8 Å². The summed E-state index contributed by atoms with van der Waals surface area (Å²) >= 11 is 0. The molecule has 1 aliphatic carbocycles. The monoisotopic (exact) mass is 286 g/mol. The summed E-state index contributed by atoms with van der Waals surface area (Å²) in [6.07, 6.45) is 9.41. The Morgan fingerprint density at radius 2 is 1.63 bits per heavy atom. The molecule has 0 aromatic rings. The first-order valence-corrected chi connectivity index (χ1v) is 10.6. The van der Waals surface area contributed by atoms with Crippen molar-refractivity contribution in [2.24, 2.45) is 5.92 Å². The van der Waals surface area contributed by atoms with Crippen molar-refractivity contribution in [3.8, 4) is 0 Å². The SMILES string of the molecule is CCCCC(C)C[Si](OCC)(OCC)C1CCCC1. The average Bonchev–Trinajstić information content (AvgIpc) is 2.91. The van der Waals surface area contributed by atoms with Gasteiger partial charge in [0.2, 0.25) is 0 Å². The second kappa shape index (κ2) is 9.14. The highest BCUT2D eigenvalue weighted by molar-refractivity contribution is 6.69. The molecule has 1 aliphatic rings. The van der Waals surface area contributed by atoms with Crippen LogP contribution in [0, 0.1) is 5.92 Å². The molecule has 0 spiro atoms. The first-order chi connectivity index (χ1) is 9.18. The van der Waals surface area contributed by atoms with E-state index in [2.05, 4.69) is 27.7 Å². The minimum Gasteiger partial charge on any atom is -0.394 e. The molecule has 1 rings (SSSR count). The van der Waals surface area contributed by atoms with Crippen LogP contribution in [0.15, 0.2) is 0 Å². The topological polar surface area (TPSA) is 18.5 Å². The molecule has 1 fully saturated rings. The van der Waals surface area contributed by atoms with Crippen molar-refractivity contribution in [3.05, 3.63) is 0 Å². The number of rotatable bonds is 10. The van der Waals surface area contributed by atoms with Crippen LogP contribution in [0.25, 0.3) is 0 Å². The van der Waals surface area contributed by atoms with Gasteiger partial charge in [0.1, 0.15) is 0 Å². The van der Waals surface area contributed by atoms with E-state index in [1.165, 1.54) is 51.0 Å². The summed E-state index contributed by atoms with van der Waals surface area (Å²) < 4.78 is 12.6. The van der Waals surface area contributed by atoms with E-state index in [1.807, 2.05) is 0 Å². The lowest BCUT2D eigenvalue weighted by atomic mass is 10.1. The molecule has 0 aromatic heterocycles. The summed E-state index contributed by atoms with van der Waals surface area (Å²) in [5.41, 5.74) is 0.747. The third kappa shape index (κ3) is 5.20. The van der Waals surface area contributed by atoms with Crippen molar-refractivity contribution in [1.82, 2.24) is 0 Å². The maximum atomic E-state index is 6.32. The van der Waals surface area contributed by atoms with Gasteiger partial charge in [0, 0.05) is 18.8 Å². The number of unbranched alkanes of at least 4 members (excludes halogenated alkanes) is 1. The fourth-order valence-corrected chi connectivity index (χ4v) is 8.12. The van der Waals surface area contributed by atoms with E-state index in [1.54, 1.807) is 0 Å². The minimum absolute atomic E-state index is 0.747. The van der Waals surface area contributed by atoms with Gasteiger partial charge in [-0.2, -0.15) is 0 Å². The lowest BCUT2D eigenvalue weighted by Crippen LogP contribution is -2.47. The Labute approximate surface area is 121 Å². The quantitative estimate of drug-likeness (QED) is 0.509. The summed E-state index contributed by atoms with van der Waals surface area (Å²) in [5.74, 6) is 0.755.